The number of carboxylic acids is 1. The van der Waals surface area contributed by atoms with Crippen LogP contribution in [-0.2, 0) is 6.54 Å². The van der Waals surface area contributed by atoms with Crippen LogP contribution in [0.4, 0.5) is 0 Å². The predicted octanol–water partition coefficient (Wildman–Crippen LogP) is 2.39. The molecule has 0 fully saturated rings. The Hall–Kier alpha value is -2.10. The van der Waals surface area contributed by atoms with Crippen LogP contribution in [0, 0.1) is 0 Å². The quantitative estimate of drug-likeness (QED) is 0.877. The lowest BCUT2D eigenvalue weighted by atomic mass is 10.0. The van der Waals surface area contributed by atoms with Crippen molar-refractivity contribution in [3.8, 4) is 0 Å². The highest BCUT2D eigenvalue weighted by Crippen LogP contribution is 2.16. The molecule has 4 heteroatoms. The lowest BCUT2D eigenvalue weighted by Gasteiger charge is -2.11. The van der Waals surface area contributed by atoms with Crippen LogP contribution in [0.1, 0.15) is 28.8 Å². The van der Waals surface area contributed by atoms with E-state index in [-0.39, 0.29) is 5.56 Å². The number of aromatic carboxylic acids is 1. The topological polar surface area (TPSA) is 55.1 Å². The van der Waals surface area contributed by atoms with E-state index in [0.29, 0.717) is 12.5 Å². The summed E-state index contributed by atoms with van der Waals surface area (Å²) in [5, 5.41) is 12.8. The highest BCUT2D eigenvalue weighted by atomic mass is 16.4. The number of aromatic nitrogens is 2. The molecule has 2 aromatic rings. The SMILES string of the molecule is CC(Cn1cc(C(=O)O)cn1)c1ccccc1. The maximum Gasteiger partial charge on any atom is 0.338 e. The second-order valence-corrected chi connectivity index (χ2v) is 4.07. The van der Waals surface area contributed by atoms with E-state index in [1.807, 2.05) is 18.2 Å². The molecule has 0 radical (unpaired) electrons. The van der Waals surface area contributed by atoms with Gasteiger partial charge in [-0.05, 0) is 5.56 Å². The van der Waals surface area contributed by atoms with Crippen molar-refractivity contribution in [2.75, 3.05) is 0 Å². The first-order valence-corrected chi connectivity index (χ1v) is 5.47. The number of carbonyl (C=O) groups is 1. The second-order valence-electron chi connectivity index (χ2n) is 4.07. The van der Waals surface area contributed by atoms with Crippen molar-refractivity contribution < 1.29 is 9.90 Å². The first-order chi connectivity index (χ1) is 8.16. The molecule has 1 atom stereocenters. The Kier molecular flexibility index (Phi) is 3.23. The highest BCUT2D eigenvalue weighted by Gasteiger charge is 2.09. The van der Waals surface area contributed by atoms with Gasteiger partial charge in [-0.2, -0.15) is 5.10 Å². The average Bonchev–Trinajstić information content (AvgIpc) is 2.79. The standard InChI is InChI=1S/C13H14N2O2/c1-10(11-5-3-2-4-6-11)8-15-9-12(7-14-15)13(16)17/h2-7,9-10H,8H2,1H3,(H,16,17). The van der Waals surface area contributed by atoms with Crippen molar-refractivity contribution in [1.29, 1.82) is 0 Å². The molecule has 1 unspecified atom stereocenters. The summed E-state index contributed by atoms with van der Waals surface area (Å²) in [6, 6.07) is 10.1. The number of carboxylic acid groups (broad SMARTS) is 1. The molecule has 0 aliphatic heterocycles. The summed E-state index contributed by atoms with van der Waals surface area (Å²) in [5.41, 5.74) is 1.45. The Morgan fingerprint density at radius 3 is 2.71 bits per heavy atom. The largest absolute Gasteiger partial charge is 0.478 e. The van der Waals surface area contributed by atoms with Gasteiger partial charge in [0.2, 0.25) is 0 Å². The zero-order valence-corrected chi connectivity index (χ0v) is 9.58. The zero-order chi connectivity index (χ0) is 12.3. The smallest absolute Gasteiger partial charge is 0.338 e. The van der Waals surface area contributed by atoms with E-state index in [1.165, 1.54) is 11.8 Å². The second kappa shape index (κ2) is 4.82. The number of hydrogen-bond acceptors (Lipinski definition) is 2. The van der Waals surface area contributed by atoms with Gasteiger partial charge in [-0.25, -0.2) is 4.79 Å². The normalized spacial score (nSPS) is 12.3. The maximum atomic E-state index is 10.7. The van der Waals surface area contributed by atoms with Crippen LogP contribution in [0.15, 0.2) is 42.7 Å². The van der Waals surface area contributed by atoms with Gasteiger partial charge in [0.15, 0.2) is 0 Å². The minimum atomic E-state index is -0.941. The van der Waals surface area contributed by atoms with Crippen molar-refractivity contribution in [2.24, 2.45) is 0 Å². The zero-order valence-electron chi connectivity index (χ0n) is 9.58. The Morgan fingerprint density at radius 1 is 1.41 bits per heavy atom. The number of rotatable bonds is 4. The fraction of sp³-hybridized carbons (Fsp3) is 0.231. The first kappa shape index (κ1) is 11.4. The third kappa shape index (κ3) is 2.72. The monoisotopic (exact) mass is 230 g/mol. The molecule has 17 heavy (non-hydrogen) atoms. The summed E-state index contributed by atoms with van der Waals surface area (Å²) in [5.74, 6) is -0.638. The van der Waals surface area contributed by atoms with Crippen LogP contribution >= 0.6 is 0 Å². The van der Waals surface area contributed by atoms with Crippen LogP contribution in [0.3, 0.4) is 0 Å². The van der Waals surface area contributed by atoms with Crippen molar-refractivity contribution in [3.63, 3.8) is 0 Å². The first-order valence-electron chi connectivity index (χ1n) is 5.47. The minimum Gasteiger partial charge on any atom is -0.478 e. The lowest BCUT2D eigenvalue weighted by Crippen LogP contribution is -2.06. The van der Waals surface area contributed by atoms with Gasteiger partial charge in [0.05, 0.1) is 11.8 Å². The van der Waals surface area contributed by atoms with E-state index >= 15 is 0 Å². The fourth-order valence-corrected chi connectivity index (χ4v) is 1.74. The van der Waals surface area contributed by atoms with Crippen LogP contribution in [-0.4, -0.2) is 20.9 Å². The summed E-state index contributed by atoms with van der Waals surface area (Å²) in [6.45, 7) is 2.77. The van der Waals surface area contributed by atoms with Gasteiger partial charge >= 0.3 is 5.97 Å². The molecule has 0 aliphatic carbocycles. The van der Waals surface area contributed by atoms with Gasteiger partial charge in [-0.3, -0.25) is 4.68 Å². The molecule has 4 nitrogen and oxygen atoms in total. The summed E-state index contributed by atoms with van der Waals surface area (Å²) >= 11 is 0. The van der Waals surface area contributed by atoms with Crippen LogP contribution in [0.5, 0.6) is 0 Å². The molecule has 0 saturated carbocycles. The molecule has 1 aromatic heterocycles. The summed E-state index contributed by atoms with van der Waals surface area (Å²) in [4.78, 5) is 10.7. The van der Waals surface area contributed by atoms with E-state index in [2.05, 4.69) is 24.2 Å². The van der Waals surface area contributed by atoms with Gasteiger partial charge in [0, 0.05) is 18.7 Å². The summed E-state index contributed by atoms with van der Waals surface area (Å²) < 4.78 is 1.67. The number of benzene rings is 1. The van der Waals surface area contributed by atoms with Crippen molar-refractivity contribution in [2.45, 2.75) is 19.4 Å². The van der Waals surface area contributed by atoms with Gasteiger partial charge in [-0.1, -0.05) is 37.3 Å². The van der Waals surface area contributed by atoms with Gasteiger partial charge < -0.3 is 5.11 Å². The lowest BCUT2D eigenvalue weighted by molar-refractivity contribution is 0.0696. The van der Waals surface area contributed by atoms with Crippen LogP contribution < -0.4 is 0 Å². The molecular weight excluding hydrogens is 216 g/mol. The third-order valence-electron chi connectivity index (χ3n) is 2.71. The van der Waals surface area contributed by atoms with Crippen LogP contribution in [0.25, 0.3) is 0 Å². The Morgan fingerprint density at radius 2 is 2.12 bits per heavy atom. The van der Waals surface area contributed by atoms with Gasteiger partial charge in [0.25, 0.3) is 0 Å². The molecule has 1 N–H and O–H groups in total. The van der Waals surface area contributed by atoms with Crippen LogP contribution in [0.2, 0.25) is 0 Å². The molecule has 2 rings (SSSR count). The average molecular weight is 230 g/mol. The van der Waals surface area contributed by atoms with E-state index in [9.17, 15) is 4.79 Å². The van der Waals surface area contributed by atoms with Crippen molar-refractivity contribution in [3.05, 3.63) is 53.9 Å². The number of nitrogens with zero attached hydrogens (tertiary/aromatic N) is 2. The highest BCUT2D eigenvalue weighted by molar-refractivity contribution is 5.86. The van der Waals surface area contributed by atoms with Gasteiger partial charge in [0.1, 0.15) is 0 Å². The molecule has 0 spiro atoms. The van der Waals surface area contributed by atoms with E-state index in [4.69, 9.17) is 5.11 Å². The minimum absolute atomic E-state index is 0.227. The Bertz CT molecular complexity index is 505. The maximum absolute atomic E-state index is 10.7. The molecule has 88 valence electrons. The summed E-state index contributed by atoms with van der Waals surface area (Å²) in [6.07, 6.45) is 2.93. The van der Waals surface area contributed by atoms with E-state index in [0.717, 1.165) is 0 Å². The van der Waals surface area contributed by atoms with Crippen molar-refractivity contribution in [1.82, 2.24) is 9.78 Å². The Balaban J connectivity index is 2.08. The molecule has 0 saturated heterocycles. The predicted molar refractivity (Wildman–Crippen MR) is 64.0 cm³/mol. The molecular formula is C13H14N2O2. The molecule has 1 aromatic carbocycles. The fourth-order valence-electron chi connectivity index (χ4n) is 1.74. The van der Waals surface area contributed by atoms with E-state index < -0.39 is 5.97 Å². The third-order valence-corrected chi connectivity index (χ3v) is 2.71. The Labute approximate surface area is 99.5 Å². The van der Waals surface area contributed by atoms with Gasteiger partial charge in [-0.15, -0.1) is 0 Å². The molecule has 1 heterocycles. The molecule has 0 aliphatic rings. The molecule has 0 amide bonds. The summed E-state index contributed by atoms with van der Waals surface area (Å²) in [7, 11) is 0. The van der Waals surface area contributed by atoms with Crippen molar-refractivity contribution >= 4 is 5.97 Å². The number of hydrogen-bond donors (Lipinski definition) is 1. The van der Waals surface area contributed by atoms with E-state index in [1.54, 1.807) is 10.9 Å². The molecule has 0 bridgehead atoms.